The van der Waals surface area contributed by atoms with E-state index in [1.165, 1.54) is 63.4 Å². The van der Waals surface area contributed by atoms with Crippen LogP contribution in [0.3, 0.4) is 0 Å². The molecule has 1 aromatic rings. The SMILES string of the molecule is CC1C=CC(COc2ccc(C3CCC(C4CCC(C)CC4)CC3)cc2F)CC1. The molecule has 0 N–H and O–H groups in total. The Labute approximate surface area is 177 Å². The zero-order chi connectivity index (χ0) is 20.2. The monoisotopic (exact) mass is 398 g/mol. The van der Waals surface area contributed by atoms with E-state index in [2.05, 4.69) is 32.1 Å². The number of benzene rings is 1. The lowest BCUT2D eigenvalue weighted by Gasteiger charge is -2.37. The number of hydrogen-bond acceptors (Lipinski definition) is 1. The van der Waals surface area contributed by atoms with Crippen LogP contribution in [-0.2, 0) is 0 Å². The second kappa shape index (κ2) is 9.67. The maximum Gasteiger partial charge on any atom is 0.165 e. The van der Waals surface area contributed by atoms with Crippen LogP contribution in [-0.4, -0.2) is 6.61 Å². The van der Waals surface area contributed by atoms with E-state index in [4.69, 9.17) is 4.74 Å². The highest BCUT2D eigenvalue weighted by atomic mass is 19.1. The lowest BCUT2D eigenvalue weighted by Crippen LogP contribution is -2.24. The minimum Gasteiger partial charge on any atom is -0.490 e. The Morgan fingerprint density at radius 1 is 0.828 bits per heavy atom. The molecule has 2 heteroatoms. The van der Waals surface area contributed by atoms with Crippen molar-refractivity contribution in [2.75, 3.05) is 6.61 Å². The standard InChI is InChI=1S/C27H39FO/c1-19-3-7-21(8-4-19)18-29-27-16-15-25(17-26(27)28)24-13-11-23(12-14-24)22-9-5-20(2)6-10-22/h3,7,15-17,19-24H,4-6,8-14,18H2,1-2H3. The number of hydrogen-bond donors (Lipinski definition) is 0. The first-order chi connectivity index (χ1) is 14.1. The van der Waals surface area contributed by atoms with Crippen LogP contribution in [0.5, 0.6) is 5.75 Å². The van der Waals surface area contributed by atoms with Gasteiger partial charge in [-0.2, -0.15) is 0 Å². The highest BCUT2D eigenvalue weighted by Crippen LogP contribution is 2.44. The van der Waals surface area contributed by atoms with E-state index in [0.29, 0.717) is 30.1 Å². The van der Waals surface area contributed by atoms with Crippen LogP contribution in [0.4, 0.5) is 4.39 Å². The predicted octanol–water partition coefficient (Wildman–Crippen LogP) is 7.91. The number of ether oxygens (including phenoxy) is 1. The fourth-order valence-corrected chi connectivity index (χ4v) is 5.92. The summed E-state index contributed by atoms with van der Waals surface area (Å²) in [7, 11) is 0. The molecule has 0 spiro atoms. The molecule has 2 unspecified atom stereocenters. The van der Waals surface area contributed by atoms with Crippen LogP contribution in [0.25, 0.3) is 0 Å². The second-order valence-electron chi connectivity index (χ2n) is 10.3. The van der Waals surface area contributed by atoms with Crippen molar-refractivity contribution >= 4 is 0 Å². The maximum absolute atomic E-state index is 14.7. The molecule has 2 fully saturated rings. The van der Waals surface area contributed by atoms with Gasteiger partial charge in [0, 0.05) is 5.92 Å². The van der Waals surface area contributed by atoms with E-state index in [1.807, 2.05) is 6.07 Å². The maximum atomic E-state index is 14.7. The molecule has 3 aliphatic rings. The first kappa shape index (κ1) is 20.9. The van der Waals surface area contributed by atoms with Gasteiger partial charge in [-0.25, -0.2) is 4.39 Å². The molecule has 3 aliphatic carbocycles. The summed E-state index contributed by atoms with van der Waals surface area (Å²) in [5, 5.41) is 0. The van der Waals surface area contributed by atoms with Crippen molar-refractivity contribution in [3.63, 3.8) is 0 Å². The first-order valence-electron chi connectivity index (χ1n) is 12.2. The van der Waals surface area contributed by atoms with E-state index in [9.17, 15) is 4.39 Å². The van der Waals surface area contributed by atoms with Gasteiger partial charge in [0.15, 0.2) is 11.6 Å². The van der Waals surface area contributed by atoms with Gasteiger partial charge in [0.05, 0.1) is 6.61 Å². The van der Waals surface area contributed by atoms with Gasteiger partial charge in [-0.1, -0.05) is 44.9 Å². The van der Waals surface area contributed by atoms with E-state index in [0.717, 1.165) is 24.2 Å². The largest absolute Gasteiger partial charge is 0.490 e. The molecular formula is C27H39FO. The quantitative estimate of drug-likeness (QED) is 0.458. The highest BCUT2D eigenvalue weighted by Gasteiger charge is 2.30. The predicted molar refractivity (Wildman–Crippen MR) is 119 cm³/mol. The van der Waals surface area contributed by atoms with Crippen LogP contribution in [0.15, 0.2) is 30.4 Å². The average molecular weight is 399 g/mol. The second-order valence-corrected chi connectivity index (χ2v) is 10.3. The van der Waals surface area contributed by atoms with Crippen molar-refractivity contribution in [3.8, 4) is 5.75 Å². The van der Waals surface area contributed by atoms with Gasteiger partial charge in [0.1, 0.15) is 0 Å². The van der Waals surface area contributed by atoms with Gasteiger partial charge in [0.2, 0.25) is 0 Å². The van der Waals surface area contributed by atoms with Crippen LogP contribution in [0.2, 0.25) is 0 Å². The molecule has 0 aliphatic heterocycles. The lowest BCUT2D eigenvalue weighted by molar-refractivity contribution is 0.165. The molecule has 0 heterocycles. The van der Waals surface area contributed by atoms with Crippen molar-refractivity contribution in [2.24, 2.45) is 29.6 Å². The van der Waals surface area contributed by atoms with Crippen molar-refractivity contribution in [1.29, 1.82) is 0 Å². The molecule has 1 aromatic carbocycles. The van der Waals surface area contributed by atoms with Crippen molar-refractivity contribution in [3.05, 3.63) is 41.7 Å². The fraction of sp³-hybridized carbons (Fsp3) is 0.704. The summed E-state index contributed by atoms with van der Waals surface area (Å²) in [6.45, 7) is 5.24. The minimum atomic E-state index is -0.181. The van der Waals surface area contributed by atoms with Gasteiger partial charge < -0.3 is 4.74 Å². The van der Waals surface area contributed by atoms with Crippen molar-refractivity contribution < 1.29 is 9.13 Å². The van der Waals surface area contributed by atoms with Crippen LogP contribution < -0.4 is 4.74 Å². The Hall–Kier alpha value is -1.31. The summed E-state index contributed by atoms with van der Waals surface area (Å²) < 4.78 is 20.5. The minimum absolute atomic E-state index is 0.181. The molecule has 160 valence electrons. The van der Waals surface area contributed by atoms with Crippen molar-refractivity contribution in [1.82, 2.24) is 0 Å². The van der Waals surface area contributed by atoms with Crippen LogP contribution >= 0.6 is 0 Å². The zero-order valence-corrected chi connectivity index (χ0v) is 18.4. The van der Waals surface area contributed by atoms with Crippen molar-refractivity contribution in [2.45, 2.75) is 84.0 Å². The van der Waals surface area contributed by atoms with Gasteiger partial charge >= 0.3 is 0 Å². The number of rotatable bonds is 5. The molecule has 2 atom stereocenters. The Kier molecular flexibility index (Phi) is 6.98. The third-order valence-electron chi connectivity index (χ3n) is 8.08. The smallest absolute Gasteiger partial charge is 0.165 e. The number of halogens is 1. The summed E-state index contributed by atoms with van der Waals surface area (Å²) >= 11 is 0. The summed E-state index contributed by atoms with van der Waals surface area (Å²) in [6.07, 6.45) is 17.7. The van der Waals surface area contributed by atoms with Crippen LogP contribution in [0, 0.1) is 35.4 Å². The molecular weight excluding hydrogens is 359 g/mol. The highest BCUT2D eigenvalue weighted by molar-refractivity contribution is 5.31. The summed E-state index contributed by atoms with van der Waals surface area (Å²) in [6, 6.07) is 5.74. The molecule has 4 rings (SSSR count). The Morgan fingerprint density at radius 2 is 1.52 bits per heavy atom. The van der Waals surface area contributed by atoms with Gasteiger partial charge in [-0.15, -0.1) is 0 Å². The Bertz CT molecular complexity index is 680. The van der Waals surface area contributed by atoms with Gasteiger partial charge in [-0.05, 0) is 98.7 Å². The molecule has 1 nitrogen and oxygen atoms in total. The Morgan fingerprint density at radius 3 is 2.14 bits per heavy atom. The van der Waals surface area contributed by atoms with E-state index >= 15 is 0 Å². The molecule has 0 amide bonds. The van der Waals surface area contributed by atoms with Gasteiger partial charge in [0.25, 0.3) is 0 Å². The first-order valence-corrected chi connectivity index (χ1v) is 12.2. The molecule has 2 saturated carbocycles. The lowest BCUT2D eigenvalue weighted by atomic mass is 9.68. The molecule has 0 saturated heterocycles. The third kappa shape index (κ3) is 5.44. The molecule has 29 heavy (non-hydrogen) atoms. The summed E-state index contributed by atoms with van der Waals surface area (Å²) in [5.41, 5.74) is 1.18. The molecule has 0 aromatic heterocycles. The molecule has 0 bridgehead atoms. The van der Waals surface area contributed by atoms with Gasteiger partial charge in [-0.3, -0.25) is 0 Å². The average Bonchev–Trinajstić information content (AvgIpc) is 2.75. The molecule has 0 radical (unpaired) electrons. The number of allylic oxidation sites excluding steroid dienone is 1. The van der Waals surface area contributed by atoms with Crippen LogP contribution in [0.1, 0.15) is 89.5 Å². The third-order valence-corrected chi connectivity index (χ3v) is 8.08. The summed E-state index contributed by atoms with van der Waals surface area (Å²) in [5.74, 6) is 4.66. The topological polar surface area (TPSA) is 9.23 Å². The van der Waals surface area contributed by atoms with E-state index < -0.39 is 0 Å². The normalized spacial score (nSPS) is 35.4. The fourth-order valence-electron chi connectivity index (χ4n) is 5.92. The summed E-state index contributed by atoms with van der Waals surface area (Å²) in [4.78, 5) is 0. The van der Waals surface area contributed by atoms with E-state index in [1.54, 1.807) is 6.07 Å². The zero-order valence-electron chi connectivity index (χ0n) is 18.4. The van der Waals surface area contributed by atoms with E-state index in [-0.39, 0.29) is 5.82 Å². The Balaban J connectivity index is 1.27.